The van der Waals surface area contributed by atoms with Crippen LogP contribution in [0.2, 0.25) is 0 Å². The van der Waals surface area contributed by atoms with Crippen LogP contribution in [0.3, 0.4) is 0 Å². The molecular formula is C19H20FNO. The fourth-order valence-corrected chi connectivity index (χ4v) is 2.96. The van der Waals surface area contributed by atoms with Crippen molar-refractivity contribution in [2.75, 3.05) is 0 Å². The van der Waals surface area contributed by atoms with E-state index in [0.717, 1.165) is 12.0 Å². The maximum atomic E-state index is 13.7. The number of aryl methyl sites for hydroxylation is 2. The first-order chi connectivity index (χ1) is 10.6. The quantitative estimate of drug-likeness (QED) is 0.912. The zero-order valence-electron chi connectivity index (χ0n) is 12.9. The second-order valence-electron chi connectivity index (χ2n) is 6.12. The molecule has 2 atom stereocenters. The van der Waals surface area contributed by atoms with Gasteiger partial charge in [0.2, 0.25) is 5.91 Å². The van der Waals surface area contributed by atoms with Crippen LogP contribution in [0.5, 0.6) is 0 Å². The summed E-state index contributed by atoms with van der Waals surface area (Å²) in [5.41, 5.74) is 4.19. The van der Waals surface area contributed by atoms with Gasteiger partial charge in [0.25, 0.3) is 0 Å². The van der Waals surface area contributed by atoms with E-state index >= 15 is 0 Å². The lowest BCUT2D eigenvalue weighted by molar-refractivity contribution is -0.122. The SMILES string of the molecule is Cc1ccc(CNC(=O)C2CC2c2ccccc2F)c(C)c1. The van der Waals surface area contributed by atoms with E-state index in [1.165, 1.54) is 17.2 Å². The Kier molecular flexibility index (Phi) is 3.97. The van der Waals surface area contributed by atoms with Gasteiger partial charge in [-0.05, 0) is 48.9 Å². The Morgan fingerprint density at radius 1 is 1.23 bits per heavy atom. The van der Waals surface area contributed by atoms with Gasteiger partial charge in [0.1, 0.15) is 5.82 Å². The normalized spacial score (nSPS) is 19.8. The fraction of sp³-hybridized carbons (Fsp3) is 0.316. The highest BCUT2D eigenvalue weighted by Crippen LogP contribution is 2.48. The molecule has 1 fully saturated rings. The molecule has 3 rings (SSSR count). The number of halogens is 1. The minimum Gasteiger partial charge on any atom is -0.352 e. The van der Waals surface area contributed by atoms with Crippen molar-refractivity contribution >= 4 is 5.91 Å². The van der Waals surface area contributed by atoms with Crippen molar-refractivity contribution in [3.8, 4) is 0 Å². The van der Waals surface area contributed by atoms with Crippen LogP contribution in [0.15, 0.2) is 42.5 Å². The molecule has 1 aliphatic carbocycles. The number of amides is 1. The summed E-state index contributed by atoms with van der Waals surface area (Å²) < 4.78 is 13.7. The van der Waals surface area contributed by atoms with Gasteiger partial charge >= 0.3 is 0 Å². The third kappa shape index (κ3) is 3.03. The molecule has 2 aromatic rings. The summed E-state index contributed by atoms with van der Waals surface area (Å²) in [4.78, 5) is 12.2. The molecule has 0 bridgehead atoms. The van der Waals surface area contributed by atoms with Crippen LogP contribution in [-0.4, -0.2) is 5.91 Å². The van der Waals surface area contributed by atoms with Gasteiger partial charge in [-0.1, -0.05) is 42.0 Å². The molecule has 2 unspecified atom stereocenters. The molecule has 0 spiro atoms. The molecular weight excluding hydrogens is 277 g/mol. The first-order valence-electron chi connectivity index (χ1n) is 7.64. The van der Waals surface area contributed by atoms with Gasteiger partial charge in [-0.2, -0.15) is 0 Å². The maximum Gasteiger partial charge on any atom is 0.224 e. The predicted molar refractivity (Wildman–Crippen MR) is 85.0 cm³/mol. The Balaban J connectivity index is 1.59. The van der Waals surface area contributed by atoms with Gasteiger partial charge in [0.15, 0.2) is 0 Å². The summed E-state index contributed by atoms with van der Waals surface area (Å²) in [6.45, 7) is 4.64. The van der Waals surface area contributed by atoms with Crippen LogP contribution < -0.4 is 5.32 Å². The van der Waals surface area contributed by atoms with Crippen LogP contribution in [0.25, 0.3) is 0 Å². The van der Waals surface area contributed by atoms with Crippen LogP contribution in [-0.2, 0) is 11.3 Å². The average molecular weight is 297 g/mol. The third-order valence-electron chi connectivity index (χ3n) is 4.38. The van der Waals surface area contributed by atoms with Crippen LogP contribution in [0, 0.1) is 25.6 Å². The highest BCUT2D eigenvalue weighted by molar-refractivity contribution is 5.82. The largest absolute Gasteiger partial charge is 0.352 e. The van der Waals surface area contributed by atoms with Crippen molar-refractivity contribution in [2.24, 2.45) is 5.92 Å². The molecule has 2 nitrogen and oxygen atoms in total. The Hall–Kier alpha value is -2.16. The monoisotopic (exact) mass is 297 g/mol. The number of nitrogens with one attached hydrogen (secondary N) is 1. The van der Waals surface area contributed by atoms with E-state index in [9.17, 15) is 9.18 Å². The minimum atomic E-state index is -0.211. The van der Waals surface area contributed by atoms with Gasteiger partial charge in [0.05, 0.1) is 0 Å². The number of hydrogen-bond acceptors (Lipinski definition) is 1. The van der Waals surface area contributed by atoms with Crippen molar-refractivity contribution in [3.05, 3.63) is 70.5 Å². The third-order valence-corrected chi connectivity index (χ3v) is 4.38. The summed E-state index contributed by atoms with van der Waals surface area (Å²) in [5.74, 6) is -0.256. The van der Waals surface area contributed by atoms with Gasteiger partial charge in [-0.25, -0.2) is 4.39 Å². The number of rotatable bonds is 4. The first kappa shape index (κ1) is 14.8. The highest BCUT2D eigenvalue weighted by Gasteiger charge is 2.44. The lowest BCUT2D eigenvalue weighted by atomic mass is 10.1. The molecule has 2 aromatic carbocycles. The van der Waals surface area contributed by atoms with Crippen LogP contribution >= 0.6 is 0 Å². The Labute approximate surface area is 130 Å². The molecule has 1 aliphatic rings. The first-order valence-corrected chi connectivity index (χ1v) is 7.64. The van der Waals surface area contributed by atoms with Gasteiger partial charge < -0.3 is 5.32 Å². The van der Waals surface area contributed by atoms with E-state index in [4.69, 9.17) is 0 Å². The maximum absolute atomic E-state index is 13.7. The summed E-state index contributed by atoms with van der Waals surface area (Å²) in [6, 6.07) is 12.9. The van der Waals surface area contributed by atoms with Crippen molar-refractivity contribution in [1.82, 2.24) is 5.32 Å². The van der Waals surface area contributed by atoms with Crippen molar-refractivity contribution in [2.45, 2.75) is 32.7 Å². The second kappa shape index (κ2) is 5.91. The fourth-order valence-electron chi connectivity index (χ4n) is 2.96. The summed E-state index contributed by atoms with van der Waals surface area (Å²) in [6.07, 6.45) is 0.736. The van der Waals surface area contributed by atoms with E-state index in [-0.39, 0.29) is 23.6 Å². The molecule has 1 saturated carbocycles. The van der Waals surface area contributed by atoms with Gasteiger partial charge in [-0.3, -0.25) is 4.79 Å². The van der Waals surface area contributed by atoms with Crippen molar-refractivity contribution < 1.29 is 9.18 Å². The zero-order chi connectivity index (χ0) is 15.7. The van der Waals surface area contributed by atoms with Gasteiger partial charge in [0, 0.05) is 12.5 Å². The number of carbonyl (C=O) groups excluding carboxylic acids is 1. The molecule has 22 heavy (non-hydrogen) atoms. The predicted octanol–water partition coefficient (Wildman–Crippen LogP) is 3.86. The topological polar surface area (TPSA) is 29.1 Å². The van der Waals surface area contributed by atoms with Crippen molar-refractivity contribution in [1.29, 1.82) is 0 Å². The van der Waals surface area contributed by atoms with E-state index in [0.29, 0.717) is 12.1 Å². The number of carbonyl (C=O) groups is 1. The second-order valence-corrected chi connectivity index (χ2v) is 6.12. The minimum absolute atomic E-state index is 0.0215. The van der Waals surface area contributed by atoms with Crippen LogP contribution in [0.1, 0.15) is 34.6 Å². The molecule has 3 heteroatoms. The standard InChI is InChI=1S/C19H20FNO/c1-12-7-8-14(13(2)9-12)11-21-19(22)17-10-16(17)15-5-3-4-6-18(15)20/h3-9,16-17H,10-11H2,1-2H3,(H,21,22). The number of benzene rings is 2. The average Bonchev–Trinajstić information content (AvgIpc) is 3.27. The smallest absolute Gasteiger partial charge is 0.224 e. The highest BCUT2D eigenvalue weighted by atomic mass is 19.1. The van der Waals surface area contributed by atoms with E-state index in [1.807, 2.05) is 25.1 Å². The number of hydrogen-bond donors (Lipinski definition) is 1. The van der Waals surface area contributed by atoms with E-state index < -0.39 is 0 Å². The van der Waals surface area contributed by atoms with E-state index in [2.05, 4.69) is 18.3 Å². The summed E-state index contributed by atoms with van der Waals surface area (Å²) in [5, 5.41) is 2.98. The molecule has 0 heterocycles. The summed E-state index contributed by atoms with van der Waals surface area (Å²) >= 11 is 0. The van der Waals surface area contributed by atoms with Crippen LogP contribution in [0.4, 0.5) is 4.39 Å². The summed E-state index contributed by atoms with van der Waals surface area (Å²) in [7, 11) is 0. The zero-order valence-corrected chi connectivity index (χ0v) is 12.9. The molecule has 0 aromatic heterocycles. The van der Waals surface area contributed by atoms with Gasteiger partial charge in [-0.15, -0.1) is 0 Å². The Morgan fingerprint density at radius 2 is 2.00 bits per heavy atom. The lowest BCUT2D eigenvalue weighted by Gasteiger charge is -2.09. The molecule has 0 radical (unpaired) electrons. The molecule has 114 valence electrons. The van der Waals surface area contributed by atoms with Crippen molar-refractivity contribution in [3.63, 3.8) is 0 Å². The lowest BCUT2D eigenvalue weighted by Crippen LogP contribution is -2.25. The Morgan fingerprint density at radius 3 is 2.73 bits per heavy atom. The molecule has 1 N–H and O–H groups in total. The Bertz CT molecular complexity index is 710. The molecule has 0 aliphatic heterocycles. The molecule has 0 saturated heterocycles. The molecule has 1 amide bonds. The van der Waals surface area contributed by atoms with E-state index in [1.54, 1.807) is 12.1 Å².